The van der Waals surface area contributed by atoms with Gasteiger partial charge in [-0.05, 0) is 43.7 Å². The van der Waals surface area contributed by atoms with Crippen LogP contribution in [-0.2, 0) is 9.59 Å². The predicted molar refractivity (Wildman–Crippen MR) is 120 cm³/mol. The van der Waals surface area contributed by atoms with E-state index in [4.69, 9.17) is 0 Å². The smallest absolute Gasteiger partial charge is 0.256 e. The quantitative estimate of drug-likeness (QED) is 0.694. The van der Waals surface area contributed by atoms with E-state index in [9.17, 15) is 14.4 Å². The summed E-state index contributed by atoms with van der Waals surface area (Å²) in [6.45, 7) is 12.6. The van der Waals surface area contributed by atoms with Crippen LogP contribution in [0.4, 0.5) is 0 Å². The van der Waals surface area contributed by atoms with Crippen molar-refractivity contribution in [2.24, 2.45) is 11.8 Å². The topological polar surface area (TPSA) is 78.5 Å². The van der Waals surface area contributed by atoms with Crippen molar-refractivity contribution in [2.45, 2.75) is 70.2 Å². The Labute approximate surface area is 183 Å². The lowest BCUT2D eigenvalue weighted by Gasteiger charge is -2.32. The molecule has 0 bridgehead atoms. The van der Waals surface area contributed by atoms with E-state index < -0.39 is 16.8 Å². The zero-order valence-corrected chi connectivity index (χ0v) is 19.5. The van der Waals surface area contributed by atoms with Gasteiger partial charge in [0, 0.05) is 16.9 Å². The Morgan fingerprint density at radius 1 is 1.17 bits per heavy atom. The summed E-state index contributed by atoms with van der Waals surface area (Å²) < 4.78 is -0.465. The number of hydrogen-bond acceptors (Lipinski definition) is 4. The molecule has 1 unspecified atom stereocenters. The van der Waals surface area contributed by atoms with Crippen molar-refractivity contribution in [3.63, 3.8) is 0 Å². The van der Waals surface area contributed by atoms with E-state index in [0.29, 0.717) is 18.0 Å². The van der Waals surface area contributed by atoms with E-state index in [1.807, 2.05) is 52.0 Å². The highest BCUT2D eigenvalue weighted by Gasteiger charge is 2.57. The minimum absolute atomic E-state index is 0.0626. The van der Waals surface area contributed by atoms with Gasteiger partial charge in [0.2, 0.25) is 11.8 Å². The number of nitrogens with one attached hydrogen (secondary N) is 2. The Balaban J connectivity index is 1.78. The molecular formula is C23H33N3O3S. The maximum atomic E-state index is 13.4. The lowest BCUT2D eigenvalue weighted by Crippen LogP contribution is -2.58. The van der Waals surface area contributed by atoms with E-state index >= 15 is 0 Å². The van der Waals surface area contributed by atoms with Gasteiger partial charge in [0.25, 0.3) is 5.91 Å². The summed E-state index contributed by atoms with van der Waals surface area (Å²) >= 11 is 1.63. The molecule has 2 N–H and O–H groups in total. The summed E-state index contributed by atoms with van der Waals surface area (Å²) in [5.41, 5.74) is 1.62. The number of nitrogens with zero attached hydrogens (tertiary/aromatic N) is 1. The number of carbonyl (C=O) groups excluding carboxylic acids is 3. The maximum Gasteiger partial charge on any atom is 0.256 e. The molecule has 1 aromatic carbocycles. The van der Waals surface area contributed by atoms with Crippen LogP contribution in [0, 0.1) is 11.8 Å². The molecule has 0 radical (unpaired) electrons. The molecule has 1 saturated heterocycles. The third kappa shape index (κ3) is 4.22. The molecular weight excluding hydrogens is 398 g/mol. The summed E-state index contributed by atoms with van der Waals surface area (Å²) in [5, 5.41) is 5.73. The minimum atomic E-state index is -0.642. The highest BCUT2D eigenvalue weighted by Crippen LogP contribution is 2.56. The predicted octanol–water partition coefficient (Wildman–Crippen LogP) is 3.34. The molecule has 3 amide bonds. The molecule has 6 nitrogen and oxygen atoms in total. The van der Waals surface area contributed by atoms with Gasteiger partial charge >= 0.3 is 0 Å². The first-order valence-electron chi connectivity index (χ1n) is 10.7. The Morgan fingerprint density at radius 3 is 2.47 bits per heavy atom. The van der Waals surface area contributed by atoms with Crippen molar-refractivity contribution in [3.05, 3.63) is 35.4 Å². The lowest BCUT2D eigenvalue weighted by molar-refractivity contribution is -0.132. The van der Waals surface area contributed by atoms with Gasteiger partial charge in [-0.15, -0.1) is 11.8 Å². The largest absolute Gasteiger partial charge is 0.354 e. The summed E-state index contributed by atoms with van der Waals surface area (Å²) in [5.74, 6) is -0.124. The number of fused-ring (bicyclic) bond motifs is 3. The number of rotatable bonds is 7. The van der Waals surface area contributed by atoms with Gasteiger partial charge < -0.3 is 15.5 Å². The van der Waals surface area contributed by atoms with Crippen molar-refractivity contribution < 1.29 is 14.4 Å². The normalized spacial score (nSPS) is 22.8. The first-order chi connectivity index (χ1) is 14.0. The second kappa shape index (κ2) is 8.61. The second-order valence-corrected chi connectivity index (χ2v) is 11.2. The second-order valence-electron chi connectivity index (χ2n) is 9.48. The Hall–Kier alpha value is -2.02. The number of carbonyl (C=O) groups is 3. The van der Waals surface area contributed by atoms with Gasteiger partial charge in [-0.3, -0.25) is 14.4 Å². The standard InChI is InChI=1S/C23H33N3O3S/c1-13(2)11-12-24-19(27)17(14(3)4)25-20(28)18-23(5,6)30-22-16-10-8-7-9-15(16)21(29)26(18)22/h7-10,13-14,17-18,22H,11-12H2,1-6H3,(H,24,27)(H,25,28)/t17-,18+,22?/m0/s1. The highest BCUT2D eigenvalue weighted by molar-refractivity contribution is 8.01. The fraction of sp³-hybridized carbons (Fsp3) is 0.609. The molecule has 30 heavy (non-hydrogen) atoms. The molecule has 3 atom stereocenters. The number of hydrogen-bond donors (Lipinski definition) is 2. The Bertz CT molecular complexity index is 837. The summed E-state index contributed by atoms with van der Waals surface area (Å²) in [7, 11) is 0. The molecule has 1 aromatic rings. The zero-order valence-electron chi connectivity index (χ0n) is 18.7. The van der Waals surface area contributed by atoms with Crippen LogP contribution in [0.2, 0.25) is 0 Å². The van der Waals surface area contributed by atoms with Crippen LogP contribution < -0.4 is 10.6 Å². The monoisotopic (exact) mass is 431 g/mol. The van der Waals surface area contributed by atoms with Gasteiger partial charge in [-0.1, -0.05) is 45.9 Å². The Kier molecular flexibility index (Phi) is 6.51. The lowest BCUT2D eigenvalue weighted by atomic mass is 9.98. The van der Waals surface area contributed by atoms with E-state index in [-0.39, 0.29) is 29.0 Å². The molecule has 0 aliphatic carbocycles. The van der Waals surface area contributed by atoms with Crippen LogP contribution in [0.3, 0.4) is 0 Å². The van der Waals surface area contributed by atoms with Crippen molar-refractivity contribution in [3.8, 4) is 0 Å². The minimum Gasteiger partial charge on any atom is -0.354 e. The fourth-order valence-corrected chi connectivity index (χ4v) is 5.75. The van der Waals surface area contributed by atoms with Crippen molar-refractivity contribution in [1.82, 2.24) is 15.5 Å². The van der Waals surface area contributed by atoms with Gasteiger partial charge in [0.1, 0.15) is 17.5 Å². The van der Waals surface area contributed by atoms with Crippen molar-refractivity contribution >= 4 is 29.5 Å². The average Bonchev–Trinajstić information content (AvgIpc) is 3.08. The first kappa shape index (κ1) is 22.7. The molecule has 2 aliphatic heterocycles. The molecule has 2 heterocycles. The van der Waals surface area contributed by atoms with E-state index in [2.05, 4.69) is 24.5 Å². The summed E-state index contributed by atoms with van der Waals surface area (Å²) in [6.07, 6.45) is 0.888. The van der Waals surface area contributed by atoms with Crippen molar-refractivity contribution in [2.75, 3.05) is 6.54 Å². The van der Waals surface area contributed by atoms with Gasteiger partial charge in [-0.2, -0.15) is 0 Å². The van der Waals surface area contributed by atoms with Crippen LogP contribution in [0.25, 0.3) is 0 Å². The number of amides is 3. The van der Waals surface area contributed by atoms with Crippen LogP contribution in [0.15, 0.2) is 24.3 Å². The molecule has 2 aliphatic rings. The Morgan fingerprint density at radius 2 is 1.83 bits per heavy atom. The third-order valence-corrected chi connectivity index (χ3v) is 7.35. The molecule has 0 saturated carbocycles. The van der Waals surface area contributed by atoms with E-state index in [1.54, 1.807) is 16.7 Å². The molecule has 0 spiro atoms. The zero-order chi connectivity index (χ0) is 22.2. The van der Waals surface area contributed by atoms with Gasteiger partial charge in [0.05, 0.1) is 0 Å². The molecule has 3 rings (SSSR count). The fourth-order valence-electron chi connectivity index (χ4n) is 4.17. The summed E-state index contributed by atoms with van der Waals surface area (Å²) in [6, 6.07) is 6.27. The maximum absolute atomic E-state index is 13.4. The van der Waals surface area contributed by atoms with Crippen LogP contribution in [-0.4, -0.2) is 46.0 Å². The average molecular weight is 432 g/mol. The van der Waals surface area contributed by atoms with E-state index in [1.165, 1.54) is 0 Å². The van der Waals surface area contributed by atoms with Crippen molar-refractivity contribution in [1.29, 1.82) is 0 Å². The summed E-state index contributed by atoms with van der Waals surface area (Å²) in [4.78, 5) is 40.9. The number of thioether (sulfide) groups is 1. The highest BCUT2D eigenvalue weighted by atomic mass is 32.2. The van der Waals surface area contributed by atoms with Gasteiger partial charge in [-0.25, -0.2) is 0 Å². The molecule has 1 fully saturated rings. The van der Waals surface area contributed by atoms with Crippen LogP contribution in [0.5, 0.6) is 0 Å². The SMILES string of the molecule is CC(C)CCNC(=O)[C@@H](NC(=O)[C@H]1N2C(=O)c3ccccc3C2SC1(C)C)C(C)C. The molecule has 7 heteroatoms. The first-order valence-corrected chi connectivity index (χ1v) is 11.6. The van der Waals surface area contributed by atoms with E-state index in [0.717, 1.165) is 12.0 Å². The van der Waals surface area contributed by atoms with Crippen LogP contribution in [0.1, 0.15) is 69.3 Å². The number of benzene rings is 1. The van der Waals surface area contributed by atoms with Gasteiger partial charge in [0.15, 0.2) is 0 Å². The molecule has 164 valence electrons. The third-order valence-electron chi connectivity index (χ3n) is 5.81. The molecule has 0 aromatic heterocycles. The van der Waals surface area contributed by atoms with Crippen LogP contribution >= 0.6 is 11.8 Å².